The molecule has 0 aromatic heterocycles. The average molecular weight is 450 g/mol. The molecular formula is C27H22N4O3. The molecule has 7 nitrogen and oxygen atoms in total. The number of carbonyl (C=O) groups excluding carboxylic acids is 3. The van der Waals surface area contributed by atoms with Crippen molar-refractivity contribution in [3.63, 3.8) is 0 Å². The molecule has 1 aliphatic heterocycles. The van der Waals surface area contributed by atoms with Gasteiger partial charge in [-0.1, -0.05) is 31.2 Å². The lowest BCUT2D eigenvalue weighted by Gasteiger charge is -2.15. The standard InChI is InChI=1S/C27H22N4O3/c1-3-18-4-10-22(11-5-18)30-25-24(20-8-12-21(13-9-20)29-17(2)32)26(33)31(27(25)34)23-14-6-19(16-28)7-15-23/h4-15,30H,3H2,1-2H3,(H,29,32). The number of amides is 3. The van der Waals surface area contributed by atoms with Gasteiger partial charge in [0, 0.05) is 18.3 Å². The molecule has 0 spiro atoms. The van der Waals surface area contributed by atoms with E-state index in [1.54, 1.807) is 48.5 Å². The molecular weight excluding hydrogens is 428 g/mol. The van der Waals surface area contributed by atoms with Crippen molar-refractivity contribution in [2.75, 3.05) is 15.5 Å². The van der Waals surface area contributed by atoms with Crippen molar-refractivity contribution < 1.29 is 14.4 Å². The van der Waals surface area contributed by atoms with E-state index in [1.165, 1.54) is 6.92 Å². The van der Waals surface area contributed by atoms with Crippen molar-refractivity contribution in [1.82, 2.24) is 0 Å². The monoisotopic (exact) mass is 450 g/mol. The van der Waals surface area contributed by atoms with E-state index < -0.39 is 11.8 Å². The predicted molar refractivity (Wildman–Crippen MR) is 131 cm³/mol. The summed E-state index contributed by atoms with van der Waals surface area (Å²) in [5, 5.41) is 14.9. The zero-order valence-electron chi connectivity index (χ0n) is 18.8. The zero-order valence-corrected chi connectivity index (χ0v) is 18.8. The van der Waals surface area contributed by atoms with Gasteiger partial charge >= 0.3 is 0 Å². The first kappa shape index (κ1) is 22.5. The Labute approximate surface area is 197 Å². The second-order valence-corrected chi connectivity index (χ2v) is 7.79. The Kier molecular flexibility index (Phi) is 6.24. The molecule has 2 N–H and O–H groups in total. The topological polar surface area (TPSA) is 102 Å². The molecule has 7 heteroatoms. The van der Waals surface area contributed by atoms with Gasteiger partial charge in [0.15, 0.2) is 0 Å². The molecule has 0 unspecified atom stereocenters. The van der Waals surface area contributed by atoms with Crippen LogP contribution in [0.15, 0.2) is 78.5 Å². The Morgan fingerprint density at radius 1 is 0.882 bits per heavy atom. The Bertz CT molecular complexity index is 1330. The molecule has 4 rings (SSSR count). The number of nitrogens with one attached hydrogen (secondary N) is 2. The van der Waals surface area contributed by atoms with E-state index in [4.69, 9.17) is 5.26 Å². The minimum absolute atomic E-state index is 0.158. The number of benzene rings is 3. The van der Waals surface area contributed by atoms with Gasteiger partial charge in [0.05, 0.1) is 22.9 Å². The predicted octanol–water partition coefficient (Wildman–Crippen LogP) is 4.48. The molecule has 0 radical (unpaired) electrons. The van der Waals surface area contributed by atoms with Crippen LogP contribution in [0.25, 0.3) is 5.57 Å². The van der Waals surface area contributed by atoms with Crippen molar-refractivity contribution in [1.29, 1.82) is 5.26 Å². The molecule has 3 aromatic carbocycles. The number of aryl methyl sites for hydroxylation is 1. The van der Waals surface area contributed by atoms with E-state index >= 15 is 0 Å². The second kappa shape index (κ2) is 9.43. The highest BCUT2D eigenvalue weighted by molar-refractivity contribution is 6.46. The van der Waals surface area contributed by atoms with Crippen LogP contribution in [0.4, 0.5) is 17.1 Å². The minimum atomic E-state index is -0.491. The van der Waals surface area contributed by atoms with Crippen LogP contribution in [0, 0.1) is 11.3 Å². The van der Waals surface area contributed by atoms with Crippen LogP contribution >= 0.6 is 0 Å². The first-order valence-electron chi connectivity index (χ1n) is 10.8. The van der Waals surface area contributed by atoms with Crippen LogP contribution in [0.5, 0.6) is 0 Å². The summed E-state index contributed by atoms with van der Waals surface area (Å²) in [7, 11) is 0. The van der Waals surface area contributed by atoms with Gasteiger partial charge in [0.1, 0.15) is 5.70 Å². The highest BCUT2D eigenvalue weighted by Gasteiger charge is 2.40. The van der Waals surface area contributed by atoms with E-state index in [2.05, 4.69) is 17.6 Å². The maximum Gasteiger partial charge on any atom is 0.282 e. The van der Waals surface area contributed by atoms with Crippen molar-refractivity contribution in [3.05, 3.63) is 95.2 Å². The van der Waals surface area contributed by atoms with Crippen LogP contribution in [0.1, 0.15) is 30.5 Å². The van der Waals surface area contributed by atoms with Gasteiger partial charge in [0.2, 0.25) is 5.91 Å². The maximum atomic E-state index is 13.5. The van der Waals surface area contributed by atoms with Crippen molar-refractivity contribution in [2.24, 2.45) is 0 Å². The second-order valence-electron chi connectivity index (χ2n) is 7.79. The van der Waals surface area contributed by atoms with Gasteiger partial charge in [-0.2, -0.15) is 5.26 Å². The molecule has 0 saturated carbocycles. The Balaban J connectivity index is 1.76. The van der Waals surface area contributed by atoms with Gasteiger partial charge < -0.3 is 10.6 Å². The first-order valence-corrected chi connectivity index (χ1v) is 10.8. The van der Waals surface area contributed by atoms with E-state index in [1.807, 2.05) is 30.3 Å². The van der Waals surface area contributed by atoms with Crippen molar-refractivity contribution in [3.8, 4) is 6.07 Å². The summed E-state index contributed by atoms with van der Waals surface area (Å²) in [6.07, 6.45) is 0.888. The summed E-state index contributed by atoms with van der Waals surface area (Å²) in [4.78, 5) is 39.4. The number of nitriles is 1. The van der Waals surface area contributed by atoms with E-state index in [-0.39, 0.29) is 17.2 Å². The molecule has 1 heterocycles. The minimum Gasteiger partial charge on any atom is -0.350 e. The Morgan fingerprint density at radius 2 is 1.50 bits per heavy atom. The number of rotatable bonds is 6. The maximum absolute atomic E-state index is 13.5. The number of imide groups is 1. The zero-order chi connectivity index (χ0) is 24.2. The van der Waals surface area contributed by atoms with Crippen molar-refractivity contribution >= 4 is 40.4 Å². The third-order valence-electron chi connectivity index (χ3n) is 5.46. The van der Waals surface area contributed by atoms with Gasteiger partial charge in [-0.05, 0) is 66.1 Å². The highest BCUT2D eigenvalue weighted by Crippen LogP contribution is 2.34. The Morgan fingerprint density at radius 3 is 2.06 bits per heavy atom. The van der Waals surface area contributed by atoms with Crippen LogP contribution in [0.3, 0.4) is 0 Å². The Hall–Kier alpha value is -4.70. The molecule has 3 aromatic rings. The highest BCUT2D eigenvalue weighted by atomic mass is 16.2. The number of hydrogen-bond donors (Lipinski definition) is 2. The fourth-order valence-electron chi connectivity index (χ4n) is 3.72. The molecule has 3 amide bonds. The smallest absolute Gasteiger partial charge is 0.282 e. The number of nitrogens with zero attached hydrogens (tertiary/aromatic N) is 2. The summed E-state index contributed by atoms with van der Waals surface area (Å²) in [6.45, 7) is 3.47. The average Bonchev–Trinajstić information content (AvgIpc) is 3.09. The van der Waals surface area contributed by atoms with Gasteiger partial charge in [-0.25, -0.2) is 4.90 Å². The van der Waals surface area contributed by atoms with Crippen LogP contribution in [-0.4, -0.2) is 17.7 Å². The third-order valence-corrected chi connectivity index (χ3v) is 5.46. The number of anilines is 3. The van der Waals surface area contributed by atoms with E-state index in [9.17, 15) is 14.4 Å². The molecule has 1 aliphatic rings. The lowest BCUT2D eigenvalue weighted by Crippen LogP contribution is -2.32. The quantitative estimate of drug-likeness (QED) is 0.539. The fraction of sp³-hybridized carbons (Fsp3) is 0.111. The molecule has 0 atom stereocenters. The molecule has 0 bridgehead atoms. The molecule has 168 valence electrons. The van der Waals surface area contributed by atoms with E-state index in [0.29, 0.717) is 28.2 Å². The van der Waals surface area contributed by atoms with Gasteiger partial charge in [0.25, 0.3) is 11.8 Å². The summed E-state index contributed by atoms with van der Waals surface area (Å²) >= 11 is 0. The van der Waals surface area contributed by atoms with Crippen molar-refractivity contribution in [2.45, 2.75) is 20.3 Å². The summed E-state index contributed by atoms with van der Waals surface area (Å²) in [5.41, 5.74) is 4.15. The third kappa shape index (κ3) is 4.43. The fourth-order valence-corrected chi connectivity index (χ4v) is 3.72. The largest absolute Gasteiger partial charge is 0.350 e. The summed E-state index contributed by atoms with van der Waals surface area (Å²) in [6, 6.07) is 22.7. The lowest BCUT2D eigenvalue weighted by molar-refractivity contribution is -0.120. The van der Waals surface area contributed by atoms with E-state index in [0.717, 1.165) is 16.9 Å². The molecule has 0 fully saturated rings. The number of carbonyl (C=O) groups is 3. The first-order chi connectivity index (χ1) is 16.4. The SMILES string of the molecule is CCc1ccc(NC2=C(c3ccc(NC(C)=O)cc3)C(=O)N(c3ccc(C#N)cc3)C2=O)cc1. The lowest BCUT2D eigenvalue weighted by atomic mass is 10.0. The molecule has 0 saturated heterocycles. The molecule has 0 aliphatic carbocycles. The molecule has 34 heavy (non-hydrogen) atoms. The summed E-state index contributed by atoms with van der Waals surface area (Å²) < 4.78 is 0. The number of hydrogen-bond acceptors (Lipinski definition) is 5. The van der Waals surface area contributed by atoms with Gasteiger partial charge in [-0.3, -0.25) is 14.4 Å². The van der Waals surface area contributed by atoms with Gasteiger partial charge in [-0.15, -0.1) is 0 Å². The summed E-state index contributed by atoms with van der Waals surface area (Å²) in [5.74, 6) is -1.17. The normalized spacial score (nSPS) is 13.1. The van der Waals surface area contributed by atoms with Crippen LogP contribution < -0.4 is 15.5 Å². The van der Waals surface area contributed by atoms with Crippen LogP contribution in [0.2, 0.25) is 0 Å². The van der Waals surface area contributed by atoms with Crippen LogP contribution in [-0.2, 0) is 20.8 Å².